The Balaban J connectivity index is 1.43. The Labute approximate surface area is 268 Å². The van der Waals surface area contributed by atoms with Crippen molar-refractivity contribution >= 4 is 63.4 Å². The molecule has 2 amide bonds. The van der Waals surface area contributed by atoms with Gasteiger partial charge in [-0.25, -0.2) is 14.3 Å². The number of nitrogen functional groups attached to an aromatic ring is 2. The first kappa shape index (κ1) is 30.8. The molecule has 6 rings (SSSR count). The minimum atomic E-state index is -1.46. The van der Waals surface area contributed by atoms with Crippen molar-refractivity contribution in [1.82, 2.24) is 24.8 Å². The largest absolute Gasteiger partial charge is 0.497 e. The van der Waals surface area contributed by atoms with Crippen LogP contribution in [0.3, 0.4) is 0 Å². The Morgan fingerprint density at radius 3 is 2.65 bits per heavy atom. The molecule has 0 spiro atoms. The zero-order valence-electron chi connectivity index (χ0n) is 24.3. The third-order valence-electron chi connectivity index (χ3n) is 7.28. The van der Waals surface area contributed by atoms with Gasteiger partial charge in [-0.15, -0.1) is 23.1 Å². The number of methoxy groups -OCH3 is 1. The van der Waals surface area contributed by atoms with Gasteiger partial charge >= 0.3 is 23.5 Å². The lowest BCUT2D eigenvalue weighted by atomic mass is 9.99. The van der Waals surface area contributed by atoms with Gasteiger partial charge in [0.2, 0.25) is 5.82 Å². The second-order valence-electron chi connectivity index (χ2n) is 10.0. The number of anilines is 2. The maximum absolute atomic E-state index is 14.1. The molecule has 1 saturated heterocycles. The number of aromatic nitrogens is 4. The predicted molar refractivity (Wildman–Crippen MR) is 165 cm³/mol. The first-order chi connectivity index (χ1) is 22.2. The topological polar surface area (TPSA) is 193 Å². The van der Waals surface area contributed by atoms with Crippen LogP contribution in [0.4, 0.5) is 15.3 Å². The molecule has 18 heteroatoms. The lowest BCUT2D eigenvalue weighted by Gasteiger charge is -2.51. The van der Waals surface area contributed by atoms with Gasteiger partial charge in [0.1, 0.15) is 43.1 Å². The van der Waals surface area contributed by atoms with Gasteiger partial charge in [0.25, 0.3) is 5.91 Å². The number of hydrogen-bond donors (Lipinski definition) is 3. The van der Waals surface area contributed by atoms with E-state index in [4.69, 9.17) is 20.9 Å². The van der Waals surface area contributed by atoms with E-state index in [0.29, 0.717) is 39.2 Å². The molecule has 46 heavy (non-hydrogen) atoms. The number of ether oxygens (including phenoxy) is 2. The zero-order valence-corrected chi connectivity index (χ0v) is 26.0. The first-order valence-corrected chi connectivity index (χ1v) is 15.4. The average molecular weight is 669 g/mol. The van der Waals surface area contributed by atoms with Gasteiger partial charge in [0, 0.05) is 17.0 Å². The van der Waals surface area contributed by atoms with Crippen molar-refractivity contribution in [3.8, 4) is 5.75 Å². The van der Waals surface area contributed by atoms with Gasteiger partial charge in [-0.1, -0.05) is 21.7 Å². The molecule has 15 nitrogen and oxygen atoms in total. The van der Waals surface area contributed by atoms with Crippen LogP contribution in [-0.2, 0) is 37.1 Å². The molecule has 0 saturated carbocycles. The highest BCUT2D eigenvalue weighted by Gasteiger charge is 2.57. The third-order valence-corrected chi connectivity index (χ3v) is 9.54. The van der Waals surface area contributed by atoms with Crippen LogP contribution in [0.15, 0.2) is 70.6 Å². The van der Waals surface area contributed by atoms with Gasteiger partial charge in [-0.3, -0.25) is 14.5 Å². The number of halogens is 1. The number of nitrogens with one attached hydrogen (secondary N) is 1. The monoisotopic (exact) mass is 668 g/mol. The molecule has 2 aliphatic rings. The van der Waals surface area contributed by atoms with Crippen molar-refractivity contribution in [2.75, 3.05) is 25.7 Å². The number of rotatable bonds is 10. The number of benzene rings is 1. The summed E-state index contributed by atoms with van der Waals surface area (Å²) in [6.07, 6.45) is 3.32. The molecule has 0 bridgehead atoms. The van der Waals surface area contributed by atoms with Crippen LogP contribution in [0.1, 0.15) is 16.5 Å². The van der Waals surface area contributed by atoms with E-state index in [0.717, 1.165) is 7.11 Å². The number of carbonyl (C=O) groups excluding carboxylic acids is 3. The normalized spacial score (nSPS) is 19.5. The molecule has 238 valence electrons. The van der Waals surface area contributed by atoms with Crippen LogP contribution in [0.5, 0.6) is 5.75 Å². The lowest BCUT2D eigenvalue weighted by Crippen LogP contribution is -2.71. The Morgan fingerprint density at radius 1 is 1.17 bits per heavy atom. The predicted octanol–water partition coefficient (Wildman–Crippen LogP) is 1.32. The molecule has 1 unspecified atom stereocenters. The maximum Gasteiger partial charge on any atom is 0.355 e. The zero-order chi connectivity index (χ0) is 32.5. The molecular formula is C28H27FN9O6S2+. The second-order valence-corrected chi connectivity index (χ2v) is 12.1. The van der Waals surface area contributed by atoms with Crippen molar-refractivity contribution in [2.24, 2.45) is 5.16 Å². The number of oxime groups is 1. The first-order valence-electron chi connectivity index (χ1n) is 13.6. The maximum atomic E-state index is 14.1. The number of nitrogens with zero attached hydrogens (tertiary/aromatic N) is 6. The fraction of sp³-hybridized carbons (Fsp3) is 0.250. The van der Waals surface area contributed by atoms with Gasteiger partial charge in [0.15, 0.2) is 5.13 Å². The number of carbonyl (C=O) groups is 3. The summed E-state index contributed by atoms with van der Waals surface area (Å²) in [6, 6.07) is 9.19. The summed E-state index contributed by atoms with van der Waals surface area (Å²) in [4.78, 5) is 50.1. The fourth-order valence-electron chi connectivity index (χ4n) is 5.14. The highest BCUT2D eigenvalue weighted by atomic mass is 32.2. The van der Waals surface area contributed by atoms with Crippen LogP contribution >= 0.6 is 23.1 Å². The van der Waals surface area contributed by atoms with Crippen molar-refractivity contribution in [1.29, 1.82) is 0 Å². The molecule has 1 aromatic carbocycles. The number of β-lactam (4-membered cyclic amide) rings is 1. The van der Waals surface area contributed by atoms with Gasteiger partial charge in [-0.2, -0.15) is 4.39 Å². The highest BCUT2D eigenvalue weighted by Crippen LogP contribution is 2.51. The van der Waals surface area contributed by atoms with Crippen LogP contribution in [0, 0.1) is 0 Å². The summed E-state index contributed by atoms with van der Waals surface area (Å²) in [5.74, 6) is -3.09. The van der Waals surface area contributed by atoms with E-state index in [1.165, 1.54) is 32.5 Å². The van der Waals surface area contributed by atoms with Crippen molar-refractivity contribution in [2.45, 2.75) is 29.8 Å². The molecule has 3 atom stereocenters. The summed E-state index contributed by atoms with van der Waals surface area (Å²) < 4.78 is 28.4. The van der Waals surface area contributed by atoms with Gasteiger partial charge < -0.3 is 31.1 Å². The van der Waals surface area contributed by atoms with Crippen LogP contribution in [0.2, 0.25) is 0 Å². The molecule has 5 N–H and O–H groups in total. The van der Waals surface area contributed by atoms with E-state index in [1.54, 1.807) is 61.3 Å². The average Bonchev–Trinajstić information content (AvgIpc) is 3.74. The lowest BCUT2D eigenvalue weighted by molar-refractivity contribution is -0.666. The molecular weight excluding hydrogens is 641 g/mol. The molecule has 5 heterocycles. The number of amides is 2. The number of thioether (sulfide) groups is 1. The fourth-order valence-corrected chi connectivity index (χ4v) is 7.37. The third kappa shape index (κ3) is 5.67. The summed E-state index contributed by atoms with van der Waals surface area (Å²) >= 11 is 2.46. The van der Waals surface area contributed by atoms with Crippen LogP contribution in [-0.4, -0.2) is 68.9 Å². The molecule has 3 aromatic heterocycles. The van der Waals surface area contributed by atoms with E-state index >= 15 is 0 Å². The quantitative estimate of drug-likeness (QED) is 0.0726. The number of hydrogen-bond acceptors (Lipinski definition) is 13. The molecule has 0 radical (unpaired) electrons. The SMILES string of the molecule is CON=C(F)C(=O)N[C@@H]1C(=O)N2C(C(=O)OCc3ccc(OC)cc3)=C(C[n+]3ccc(N)n4nccc43)C(c3csc(N)n3)S[C@@H]12. The number of nitrogens with two attached hydrogens (primary N) is 2. The smallest absolute Gasteiger partial charge is 0.355 e. The molecule has 2 aliphatic heterocycles. The Hall–Kier alpha value is -5.23. The van der Waals surface area contributed by atoms with Crippen LogP contribution < -0.4 is 26.1 Å². The second kappa shape index (κ2) is 12.6. The number of thiazole rings is 1. The standard InChI is InChI=1S/C28H26FN9O6S2/c1-42-15-5-3-14(4-6-15)12-44-27(41)21-16(11-36-10-8-18(30)38-19(36)7-9-32-38)22(17-13-45-28(31)33-17)46-26-20(25(40)37(21)26)34-24(39)23(29)35-43-2/h3-10,13,20,22,26,30H,11-12H2,1-2H3,(H3,31,33,34,39)/p+1/t20-,22?,26+/m1/s1. The Kier molecular flexibility index (Phi) is 8.46. The minimum absolute atomic E-state index is 0.0302. The van der Waals surface area contributed by atoms with Gasteiger partial charge in [0.05, 0.1) is 36.5 Å². The van der Waals surface area contributed by atoms with Crippen LogP contribution in [0.25, 0.3) is 5.65 Å². The summed E-state index contributed by atoms with van der Waals surface area (Å²) in [7, 11) is 2.62. The van der Waals surface area contributed by atoms with E-state index in [9.17, 15) is 18.8 Å². The van der Waals surface area contributed by atoms with Crippen molar-refractivity contribution in [3.05, 3.63) is 76.7 Å². The van der Waals surface area contributed by atoms with E-state index in [2.05, 4.69) is 25.4 Å². The molecule has 0 aliphatic carbocycles. The van der Waals surface area contributed by atoms with E-state index in [1.807, 2.05) is 4.57 Å². The van der Waals surface area contributed by atoms with Crippen molar-refractivity contribution in [3.63, 3.8) is 0 Å². The number of esters is 1. The summed E-state index contributed by atoms with van der Waals surface area (Å²) in [5, 5.41) is 10.2. The number of fused-ring (bicyclic) bond motifs is 2. The summed E-state index contributed by atoms with van der Waals surface area (Å²) in [5.41, 5.74) is 14.4. The van der Waals surface area contributed by atoms with Crippen molar-refractivity contribution < 1.29 is 37.7 Å². The Bertz CT molecular complexity index is 1890. The molecule has 4 aromatic rings. The minimum Gasteiger partial charge on any atom is -0.497 e. The van der Waals surface area contributed by atoms with E-state index in [-0.39, 0.29) is 18.8 Å². The Morgan fingerprint density at radius 2 is 1.96 bits per heavy atom. The van der Waals surface area contributed by atoms with Gasteiger partial charge in [-0.05, 0) is 22.9 Å². The highest BCUT2D eigenvalue weighted by molar-refractivity contribution is 8.00. The summed E-state index contributed by atoms with van der Waals surface area (Å²) in [6.45, 7) is -0.00526. The molecule has 1 fully saturated rings. The van der Waals surface area contributed by atoms with E-state index < -0.39 is 40.4 Å².